The number of rotatable bonds is 14. The van der Waals surface area contributed by atoms with E-state index in [0.29, 0.717) is 17.5 Å². The van der Waals surface area contributed by atoms with E-state index in [1.165, 1.54) is 100 Å². The lowest BCUT2D eigenvalue weighted by Gasteiger charge is -2.30. The van der Waals surface area contributed by atoms with Gasteiger partial charge in [0.05, 0.1) is 5.41 Å². The maximum atomic E-state index is 5.28. The zero-order valence-electron chi connectivity index (χ0n) is 59.7. The second-order valence-corrected chi connectivity index (χ2v) is 28.6. The minimum Gasteiger partial charge on any atom is -0.208 e. The van der Waals surface area contributed by atoms with Gasteiger partial charge in [0.25, 0.3) is 0 Å². The molecule has 3 heteroatoms. The summed E-state index contributed by atoms with van der Waals surface area (Å²) in [6.07, 6.45) is 0. The summed E-state index contributed by atoms with van der Waals surface area (Å²) in [5.41, 5.74) is 38.4. The standard InChI is InChI=1S/C106H69N3/c1-3-21-70(22-4-1)78-25-13-30-83(61-78)85-32-15-27-80(63-85)72-47-53-75(54-48-72)103-107-104(76-55-49-73(50-56-76)81-28-16-33-86(64-81)89-36-18-35-88(66-89)84-31-14-26-79(62-84)71-23-5-2-6-24-71)109-105(108-103)77-57-51-74(52-58-77)82-29-17-34-87(65-82)90-37-19-38-91(67-90)92-39-20-40-93(68-92)94-59-60-98-97-43-9-12-46-101(97)106(102(98)69-94)99-44-10-7-41-95(99)96-42-8-11-45-100(96)106/h1-69H. The van der Waals surface area contributed by atoms with Crippen LogP contribution in [0.5, 0.6) is 0 Å². The summed E-state index contributed by atoms with van der Waals surface area (Å²) in [7, 11) is 0. The van der Waals surface area contributed by atoms with E-state index >= 15 is 0 Å². The molecule has 3 nitrogen and oxygen atoms in total. The zero-order chi connectivity index (χ0) is 72.2. The van der Waals surface area contributed by atoms with E-state index in [9.17, 15) is 0 Å². The molecule has 0 fully saturated rings. The fourth-order valence-electron chi connectivity index (χ4n) is 16.8. The average Bonchev–Trinajstić information content (AvgIpc) is 1.51. The van der Waals surface area contributed by atoms with Crippen molar-refractivity contribution in [3.05, 3.63) is 441 Å². The maximum Gasteiger partial charge on any atom is 0.164 e. The summed E-state index contributed by atoms with van der Waals surface area (Å²) in [5, 5.41) is 0. The van der Waals surface area contributed by atoms with Gasteiger partial charge < -0.3 is 0 Å². The summed E-state index contributed by atoms with van der Waals surface area (Å²) in [6, 6.07) is 152. The van der Waals surface area contributed by atoms with E-state index in [2.05, 4.69) is 419 Å². The van der Waals surface area contributed by atoms with Gasteiger partial charge in [0.2, 0.25) is 0 Å². The highest BCUT2D eigenvalue weighted by molar-refractivity contribution is 5.97. The zero-order valence-corrected chi connectivity index (χ0v) is 59.7. The second kappa shape index (κ2) is 27.3. The quantitative estimate of drug-likeness (QED) is 0.109. The molecule has 1 spiro atoms. The van der Waals surface area contributed by atoms with Crippen LogP contribution in [-0.4, -0.2) is 15.0 Å². The molecule has 0 atom stereocenters. The molecule has 0 aliphatic heterocycles. The van der Waals surface area contributed by atoms with Gasteiger partial charge in [0.15, 0.2) is 17.5 Å². The van der Waals surface area contributed by atoms with E-state index in [1.807, 2.05) is 0 Å². The predicted molar refractivity (Wildman–Crippen MR) is 452 cm³/mol. The van der Waals surface area contributed by atoms with Crippen molar-refractivity contribution in [2.45, 2.75) is 5.41 Å². The SMILES string of the molecule is c1ccc(-c2cccc(-c3cccc(-c4ccc(-c5nc(-c6ccc(-c7cccc(-c8cccc(-c9cccc(-c%10ccccc%10)c9)c8)c7)cc6)nc(-c6ccc(-c7cccc(-c8cccc(-c9cccc(-c%10ccc%11c(c%10)C%10(c%12ccccc%12-c%12ccccc%12%10)c%10ccccc%10-%11)c9)c8)c7)cc6)n5)cc4)c3)c2)cc1. The maximum absolute atomic E-state index is 5.28. The molecular weight excluding hydrogens is 1320 g/mol. The first-order chi connectivity index (χ1) is 53.9. The molecular formula is C106H69N3. The van der Waals surface area contributed by atoms with Crippen LogP contribution in [0.15, 0.2) is 419 Å². The van der Waals surface area contributed by atoms with Crippen molar-refractivity contribution >= 4 is 0 Å². The van der Waals surface area contributed by atoms with Crippen LogP contribution in [0.25, 0.3) is 179 Å². The van der Waals surface area contributed by atoms with Gasteiger partial charge in [-0.2, -0.15) is 0 Å². The molecule has 1 heterocycles. The minimum atomic E-state index is -0.400. The Hall–Kier alpha value is -14.3. The lowest BCUT2D eigenvalue weighted by molar-refractivity contribution is 0.794. The molecule has 109 heavy (non-hydrogen) atoms. The number of hydrogen-bond acceptors (Lipinski definition) is 3. The molecule has 17 aromatic carbocycles. The number of hydrogen-bond donors (Lipinski definition) is 0. The monoisotopic (exact) mass is 1380 g/mol. The van der Waals surface area contributed by atoms with Crippen molar-refractivity contribution in [3.8, 4) is 179 Å². The van der Waals surface area contributed by atoms with Crippen LogP contribution in [0.1, 0.15) is 22.3 Å². The Kier molecular flexibility index (Phi) is 16.1. The molecule has 0 amide bonds. The van der Waals surface area contributed by atoms with E-state index in [-0.39, 0.29) is 0 Å². The topological polar surface area (TPSA) is 38.7 Å². The summed E-state index contributed by atoms with van der Waals surface area (Å²) in [4.78, 5) is 15.8. The highest BCUT2D eigenvalue weighted by Crippen LogP contribution is 2.63. The summed E-state index contributed by atoms with van der Waals surface area (Å²) in [6.45, 7) is 0. The number of fused-ring (bicyclic) bond motifs is 10. The summed E-state index contributed by atoms with van der Waals surface area (Å²) in [5.74, 6) is 1.79. The average molecular weight is 1380 g/mol. The number of benzene rings is 17. The molecule has 2 aliphatic rings. The molecule has 0 bridgehead atoms. The minimum absolute atomic E-state index is 0.400. The van der Waals surface area contributed by atoms with Gasteiger partial charge in [0, 0.05) is 16.7 Å². The fraction of sp³-hybridized carbons (Fsp3) is 0.00943. The predicted octanol–water partition coefficient (Wildman–Crippen LogP) is 27.6. The highest BCUT2D eigenvalue weighted by Gasteiger charge is 2.51. The Bertz CT molecular complexity index is 6450. The van der Waals surface area contributed by atoms with Gasteiger partial charge in [-0.25, -0.2) is 15.0 Å². The van der Waals surface area contributed by atoms with Crippen LogP contribution in [-0.2, 0) is 5.41 Å². The fourth-order valence-corrected chi connectivity index (χ4v) is 16.8. The van der Waals surface area contributed by atoms with Gasteiger partial charge in [-0.3, -0.25) is 0 Å². The third kappa shape index (κ3) is 11.9. The van der Waals surface area contributed by atoms with Gasteiger partial charge in [0.1, 0.15) is 0 Å². The Morgan fingerprint density at radius 1 is 0.119 bits per heavy atom. The van der Waals surface area contributed by atoms with Crippen molar-refractivity contribution in [1.29, 1.82) is 0 Å². The molecule has 0 saturated heterocycles. The van der Waals surface area contributed by atoms with Crippen molar-refractivity contribution < 1.29 is 0 Å². The van der Waals surface area contributed by atoms with Crippen molar-refractivity contribution in [2.75, 3.05) is 0 Å². The Morgan fingerprint density at radius 2 is 0.294 bits per heavy atom. The molecule has 18 aromatic rings. The van der Waals surface area contributed by atoms with E-state index in [4.69, 9.17) is 15.0 Å². The van der Waals surface area contributed by atoms with Crippen LogP contribution in [0.3, 0.4) is 0 Å². The highest BCUT2D eigenvalue weighted by atomic mass is 15.0. The summed E-state index contributed by atoms with van der Waals surface area (Å²) >= 11 is 0. The van der Waals surface area contributed by atoms with Gasteiger partial charge >= 0.3 is 0 Å². The Morgan fingerprint density at radius 3 is 0.550 bits per heavy atom. The molecule has 1 aromatic heterocycles. The van der Waals surface area contributed by atoms with Gasteiger partial charge in [-0.05, 0) is 222 Å². The largest absolute Gasteiger partial charge is 0.208 e. The normalized spacial score (nSPS) is 12.1. The van der Waals surface area contributed by atoms with Crippen molar-refractivity contribution in [3.63, 3.8) is 0 Å². The van der Waals surface area contributed by atoms with Gasteiger partial charge in [-0.15, -0.1) is 0 Å². The molecule has 0 unspecified atom stereocenters. The molecule has 20 rings (SSSR count). The molecule has 0 saturated carbocycles. The van der Waals surface area contributed by atoms with Crippen LogP contribution in [0, 0.1) is 0 Å². The van der Waals surface area contributed by atoms with E-state index in [0.717, 1.165) is 83.5 Å². The van der Waals surface area contributed by atoms with E-state index in [1.54, 1.807) is 0 Å². The smallest absolute Gasteiger partial charge is 0.164 e. The van der Waals surface area contributed by atoms with Gasteiger partial charge in [-0.1, -0.05) is 364 Å². The van der Waals surface area contributed by atoms with Crippen molar-refractivity contribution in [1.82, 2.24) is 15.0 Å². The first kappa shape index (κ1) is 64.4. The summed E-state index contributed by atoms with van der Waals surface area (Å²) < 4.78 is 0. The molecule has 2 aliphatic carbocycles. The molecule has 508 valence electrons. The van der Waals surface area contributed by atoms with Crippen LogP contribution in [0.2, 0.25) is 0 Å². The Labute approximate surface area is 635 Å². The molecule has 0 N–H and O–H groups in total. The lowest BCUT2D eigenvalue weighted by atomic mass is 9.70. The van der Waals surface area contributed by atoms with Crippen molar-refractivity contribution in [2.24, 2.45) is 0 Å². The third-order valence-electron chi connectivity index (χ3n) is 22.2. The molecule has 0 radical (unpaired) electrons. The first-order valence-corrected chi connectivity index (χ1v) is 37.4. The number of aromatic nitrogens is 3. The third-order valence-corrected chi connectivity index (χ3v) is 22.2. The second-order valence-electron chi connectivity index (χ2n) is 28.6. The number of nitrogens with zero attached hydrogens (tertiary/aromatic N) is 3. The van der Waals surface area contributed by atoms with Crippen LogP contribution >= 0.6 is 0 Å². The van der Waals surface area contributed by atoms with E-state index < -0.39 is 5.41 Å². The first-order valence-electron chi connectivity index (χ1n) is 37.4. The van der Waals surface area contributed by atoms with Crippen LogP contribution in [0.4, 0.5) is 0 Å². The Balaban J connectivity index is 0.596. The lowest BCUT2D eigenvalue weighted by Crippen LogP contribution is -2.25. The van der Waals surface area contributed by atoms with Crippen LogP contribution < -0.4 is 0 Å².